The van der Waals surface area contributed by atoms with E-state index < -0.39 is 0 Å². The van der Waals surface area contributed by atoms with E-state index in [1.807, 2.05) is 23.2 Å². The van der Waals surface area contributed by atoms with Crippen LogP contribution >= 0.6 is 0 Å². The molecule has 0 radical (unpaired) electrons. The second kappa shape index (κ2) is 7.99. The molecular formula is C23H24N4O2. The Morgan fingerprint density at radius 3 is 2.83 bits per heavy atom. The van der Waals surface area contributed by atoms with Crippen LogP contribution in [0.4, 0.5) is 0 Å². The van der Waals surface area contributed by atoms with Gasteiger partial charge in [0.1, 0.15) is 0 Å². The first-order valence-corrected chi connectivity index (χ1v) is 9.86. The van der Waals surface area contributed by atoms with Crippen LogP contribution in [0.5, 0.6) is 0 Å². The van der Waals surface area contributed by atoms with Gasteiger partial charge in [-0.15, -0.1) is 0 Å². The number of carbonyl (C=O) groups is 1. The molecule has 148 valence electrons. The Bertz CT molecular complexity index is 1110. The lowest BCUT2D eigenvalue weighted by Gasteiger charge is -2.32. The van der Waals surface area contributed by atoms with Crippen LogP contribution in [0.3, 0.4) is 0 Å². The zero-order valence-electron chi connectivity index (χ0n) is 16.7. The summed E-state index contributed by atoms with van der Waals surface area (Å²) in [5.74, 6) is 0.102. The second-order valence-corrected chi connectivity index (χ2v) is 7.66. The Kier molecular flexibility index (Phi) is 5.25. The second-order valence-electron chi connectivity index (χ2n) is 7.66. The van der Waals surface area contributed by atoms with Crippen LogP contribution in [-0.4, -0.2) is 38.4 Å². The van der Waals surface area contributed by atoms with Crippen LogP contribution in [0.15, 0.2) is 59.8 Å². The maximum Gasteiger partial charge on any atom is 0.255 e. The third-order valence-corrected chi connectivity index (χ3v) is 5.43. The number of benzene rings is 1. The Balaban J connectivity index is 1.55. The lowest BCUT2D eigenvalue weighted by Crippen LogP contribution is -2.39. The van der Waals surface area contributed by atoms with E-state index in [4.69, 9.17) is 4.98 Å². The number of aromatic nitrogens is 3. The van der Waals surface area contributed by atoms with E-state index in [9.17, 15) is 9.59 Å². The molecule has 0 saturated carbocycles. The SMILES string of the molecule is Cc1cccc(-c2cncc([C@H]3CCCN(C(=O)c4ccc(=O)n(C)c4)C3)n2)c1. The summed E-state index contributed by atoms with van der Waals surface area (Å²) < 4.78 is 1.44. The van der Waals surface area contributed by atoms with Gasteiger partial charge in [-0.05, 0) is 31.9 Å². The third kappa shape index (κ3) is 4.11. The predicted octanol–water partition coefficient (Wildman–Crippen LogP) is 3.17. The Morgan fingerprint density at radius 1 is 1.17 bits per heavy atom. The standard InChI is InChI=1S/C23H24N4O2/c1-16-5-3-6-17(11-16)20-12-24-13-21(25-20)18-7-4-10-27(15-18)23(29)19-8-9-22(28)26(2)14-19/h3,5-6,8-9,11-14,18H,4,7,10,15H2,1-2H3/t18-/m0/s1. The van der Waals surface area contributed by atoms with Crippen LogP contribution in [0.25, 0.3) is 11.3 Å². The molecule has 0 spiro atoms. The summed E-state index contributed by atoms with van der Waals surface area (Å²) in [5.41, 5.74) is 4.41. The smallest absolute Gasteiger partial charge is 0.255 e. The van der Waals surface area contributed by atoms with Crippen molar-refractivity contribution in [2.45, 2.75) is 25.7 Å². The van der Waals surface area contributed by atoms with Gasteiger partial charge in [0, 0.05) is 50.1 Å². The molecule has 0 unspecified atom stereocenters. The van der Waals surface area contributed by atoms with Crippen molar-refractivity contribution in [2.24, 2.45) is 7.05 Å². The first-order chi connectivity index (χ1) is 14.0. The minimum Gasteiger partial charge on any atom is -0.338 e. The molecule has 1 aliphatic rings. The highest BCUT2D eigenvalue weighted by Gasteiger charge is 2.27. The molecule has 0 N–H and O–H groups in total. The number of aryl methyl sites for hydroxylation is 2. The van der Waals surface area contributed by atoms with Crippen LogP contribution in [0.1, 0.15) is 40.4 Å². The van der Waals surface area contributed by atoms with E-state index in [0.717, 1.165) is 29.8 Å². The zero-order chi connectivity index (χ0) is 20.4. The first-order valence-electron chi connectivity index (χ1n) is 9.86. The highest BCUT2D eigenvalue weighted by molar-refractivity contribution is 5.94. The van der Waals surface area contributed by atoms with Crippen molar-refractivity contribution in [2.75, 3.05) is 13.1 Å². The average molecular weight is 388 g/mol. The highest BCUT2D eigenvalue weighted by atomic mass is 16.2. The largest absolute Gasteiger partial charge is 0.338 e. The van der Waals surface area contributed by atoms with Gasteiger partial charge in [-0.25, -0.2) is 4.98 Å². The lowest BCUT2D eigenvalue weighted by molar-refractivity contribution is 0.0705. The first kappa shape index (κ1) is 19.1. The van der Waals surface area contributed by atoms with E-state index in [2.05, 4.69) is 24.0 Å². The number of nitrogens with zero attached hydrogens (tertiary/aromatic N) is 4. The number of carbonyl (C=O) groups excluding carboxylic acids is 1. The molecule has 1 atom stereocenters. The molecule has 4 rings (SSSR count). The minimum atomic E-state index is -0.124. The Hall–Kier alpha value is -3.28. The fraction of sp³-hybridized carbons (Fsp3) is 0.304. The van der Waals surface area contributed by atoms with E-state index in [1.54, 1.807) is 25.5 Å². The molecule has 1 amide bonds. The van der Waals surface area contributed by atoms with Crippen molar-refractivity contribution in [1.82, 2.24) is 19.4 Å². The van der Waals surface area contributed by atoms with E-state index in [0.29, 0.717) is 18.7 Å². The van der Waals surface area contributed by atoms with Gasteiger partial charge in [-0.1, -0.05) is 23.8 Å². The molecule has 0 aliphatic carbocycles. The maximum atomic E-state index is 12.9. The quantitative estimate of drug-likeness (QED) is 0.691. The van der Waals surface area contributed by atoms with Crippen molar-refractivity contribution in [3.05, 3.63) is 82.2 Å². The zero-order valence-corrected chi connectivity index (χ0v) is 16.7. The molecule has 3 heterocycles. The van der Waals surface area contributed by atoms with Crippen LogP contribution in [0.2, 0.25) is 0 Å². The van der Waals surface area contributed by atoms with Crippen LogP contribution < -0.4 is 5.56 Å². The Labute approximate surface area is 169 Å². The van der Waals surface area contributed by atoms with Gasteiger partial charge in [-0.3, -0.25) is 14.6 Å². The maximum absolute atomic E-state index is 12.9. The van der Waals surface area contributed by atoms with Crippen LogP contribution in [-0.2, 0) is 7.05 Å². The molecular weight excluding hydrogens is 364 g/mol. The summed E-state index contributed by atoms with van der Waals surface area (Å²) in [7, 11) is 1.66. The molecule has 6 nitrogen and oxygen atoms in total. The van der Waals surface area contributed by atoms with Crippen molar-refractivity contribution in [3.8, 4) is 11.3 Å². The summed E-state index contributed by atoms with van der Waals surface area (Å²) in [5, 5.41) is 0. The van der Waals surface area contributed by atoms with Gasteiger partial charge in [0.05, 0.1) is 23.1 Å². The Morgan fingerprint density at radius 2 is 2.03 bits per heavy atom. The lowest BCUT2D eigenvalue weighted by atomic mass is 9.94. The number of piperidine rings is 1. The number of rotatable bonds is 3. The molecule has 2 aromatic heterocycles. The summed E-state index contributed by atoms with van der Waals surface area (Å²) in [6, 6.07) is 11.3. The third-order valence-electron chi connectivity index (χ3n) is 5.43. The van der Waals surface area contributed by atoms with E-state index in [1.165, 1.54) is 16.2 Å². The molecule has 29 heavy (non-hydrogen) atoms. The predicted molar refractivity (Wildman–Crippen MR) is 112 cm³/mol. The van der Waals surface area contributed by atoms with Crippen molar-refractivity contribution in [3.63, 3.8) is 0 Å². The fourth-order valence-electron chi connectivity index (χ4n) is 3.83. The average Bonchev–Trinajstić information content (AvgIpc) is 2.75. The number of likely N-dealkylation sites (tertiary alicyclic amines) is 1. The van der Waals surface area contributed by atoms with Gasteiger partial charge in [-0.2, -0.15) is 0 Å². The van der Waals surface area contributed by atoms with Gasteiger partial charge < -0.3 is 9.47 Å². The fourth-order valence-corrected chi connectivity index (χ4v) is 3.83. The van der Waals surface area contributed by atoms with Crippen molar-refractivity contribution >= 4 is 5.91 Å². The number of hydrogen-bond acceptors (Lipinski definition) is 4. The summed E-state index contributed by atoms with van der Waals surface area (Å²) in [4.78, 5) is 35.7. The molecule has 1 aliphatic heterocycles. The van der Waals surface area contributed by atoms with Gasteiger partial charge in [0.25, 0.3) is 5.91 Å². The molecule has 1 fully saturated rings. The summed E-state index contributed by atoms with van der Waals surface area (Å²) in [6.45, 7) is 3.38. The molecule has 0 bridgehead atoms. The monoisotopic (exact) mass is 388 g/mol. The minimum absolute atomic E-state index is 0.0481. The molecule has 3 aromatic rings. The molecule has 1 saturated heterocycles. The molecule has 1 aromatic carbocycles. The van der Waals surface area contributed by atoms with Gasteiger partial charge in [0.2, 0.25) is 5.56 Å². The van der Waals surface area contributed by atoms with Gasteiger partial charge in [0.15, 0.2) is 0 Å². The summed E-state index contributed by atoms with van der Waals surface area (Å²) in [6.07, 6.45) is 7.09. The number of amides is 1. The normalized spacial score (nSPS) is 16.6. The van der Waals surface area contributed by atoms with E-state index in [-0.39, 0.29) is 17.4 Å². The highest BCUT2D eigenvalue weighted by Crippen LogP contribution is 2.28. The molecule has 6 heteroatoms. The van der Waals surface area contributed by atoms with Crippen molar-refractivity contribution in [1.29, 1.82) is 0 Å². The van der Waals surface area contributed by atoms with Crippen molar-refractivity contribution < 1.29 is 4.79 Å². The van der Waals surface area contributed by atoms with Crippen LogP contribution in [0, 0.1) is 6.92 Å². The van der Waals surface area contributed by atoms with Gasteiger partial charge >= 0.3 is 0 Å². The number of hydrogen-bond donors (Lipinski definition) is 0. The van der Waals surface area contributed by atoms with E-state index >= 15 is 0 Å². The summed E-state index contributed by atoms with van der Waals surface area (Å²) >= 11 is 0. The topological polar surface area (TPSA) is 68.1 Å². The number of pyridine rings is 1.